The van der Waals surface area contributed by atoms with E-state index in [1.54, 1.807) is 0 Å². The first-order valence-corrected chi connectivity index (χ1v) is 8.52. The minimum atomic E-state index is -0.360. The predicted molar refractivity (Wildman–Crippen MR) is 88.0 cm³/mol. The smallest absolute Gasteiger partial charge is 0.407 e. The second-order valence-corrected chi connectivity index (χ2v) is 5.72. The van der Waals surface area contributed by atoms with Gasteiger partial charge in [-0.1, -0.05) is 30.3 Å². The largest absolute Gasteiger partial charge is 0.445 e. The van der Waals surface area contributed by atoms with Crippen molar-refractivity contribution in [2.75, 3.05) is 19.8 Å². The fourth-order valence-corrected chi connectivity index (χ4v) is 2.43. The van der Waals surface area contributed by atoms with Crippen LogP contribution in [-0.2, 0) is 20.8 Å². The lowest BCUT2D eigenvalue weighted by atomic mass is 10.2. The van der Waals surface area contributed by atoms with Crippen molar-refractivity contribution >= 4 is 6.09 Å². The van der Waals surface area contributed by atoms with E-state index in [4.69, 9.17) is 14.2 Å². The van der Waals surface area contributed by atoms with Crippen LogP contribution in [-0.4, -0.2) is 32.1 Å². The lowest BCUT2D eigenvalue weighted by molar-refractivity contribution is -0.162. The highest BCUT2D eigenvalue weighted by atomic mass is 16.7. The maximum atomic E-state index is 11.5. The zero-order chi connectivity index (χ0) is 16.2. The number of nitrogens with one attached hydrogen (secondary N) is 1. The number of unbranched alkanes of at least 4 members (excludes halogenated alkanes) is 2. The molecule has 0 aliphatic carbocycles. The Bertz CT molecular complexity index is 432. The molecule has 0 aromatic heterocycles. The third-order valence-corrected chi connectivity index (χ3v) is 3.74. The molecule has 1 N–H and O–H groups in total. The van der Waals surface area contributed by atoms with E-state index in [-0.39, 0.29) is 12.4 Å². The summed E-state index contributed by atoms with van der Waals surface area (Å²) in [4.78, 5) is 11.5. The molecule has 2 rings (SSSR count). The molecule has 1 fully saturated rings. The third-order valence-electron chi connectivity index (χ3n) is 3.74. The van der Waals surface area contributed by atoms with Crippen LogP contribution in [0.5, 0.6) is 0 Å². The number of benzene rings is 1. The Labute approximate surface area is 138 Å². The van der Waals surface area contributed by atoms with Crippen molar-refractivity contribution in [2.24, 2.45) is 0 Å². The number of amides is 1. The van der Waals surface area contributed by atoms with Crippen LogP contribution in [0.3, 0.4) is 0 Å². The molecule has 1 aliphatic heterocycles. The zero-order valence-electron chi connectivity index (χ0n) is 13.7. The lowest BCUT2D eigenvalue weighted by Crippen LogP contribution is -2.25. The molecule has 1 aromatic carbocycles. The summed E-state index contributed by atoms with van der Waals surface area (Å²) >= 11 is 0. The highest BCUT2D eigenvalue weighted by molar-refractivity contribution is 5.67. The molecule has 0 bridgehead atoms. The number of rotatable bonds is 9. The van der Waals surface area contributed by atoms with E-state index in [0.29, 0.717) is 13.2 Å². The van der Waals surface area contributed by atoms with Crippen LogP contribution in [0, 0.1) is 0 Å². The number of carbonyl (C=O) groups excluding carboxylic acids is 1. The second-order valence-electron chi connectivity index (χ2n) is 5.72. The Morgan fingerprint density at radius 2 is 2.04 bits per heavy atom. The van der Waals surface area contributed by atoms with Gasteiger partial charge in [0, 0.05) is 19.8 Å². The molecule has 0 radical (unpaired) electrons. The Kier molecular flexibility index (Phi) is 8.51. The van der Waals surface area contributed by atoms with Gasteiger partial charge in [0.05, 0.1) is 0 Å². The molecule has 1 aromatic rings. The first-order chi connectivity index (χ1) is 11.3. The van der Waals surface area contributed by atoms with Crippen LogP contribution >= 0.6 is 0 Å². The number of ether oxygens (including phenoxy) is 3. The van der Waals surface area contributed by atoms with E-state index in [1.807, 2.05) is 30.3 Å². The summed E-state index contributed by atoms with van der Waals surface area (Å²) in [7, 11) is 0. The van der Waals surface area contributed by atoms with Crippen molar-refractivity contribution in [3.63, 3.8) is 0 Å². The van der Waals surface area contributed by atoms with Gasteiger partial charge in [0.1, 0.15) is 6.61 Å². The number of hydrogen-bond donors (Lipinski definition) is 1. The van der Waals surface area contributed by atoms with Crippen LogP contribution in [0.2, 0.25) is 0 Å². The van der Waals surface area contributed by atoms with Crippen molar-refractivity contribution in [3.05, 3.63) is 35.9 Å². The Morgan fingerprint density at radius 3 is 2.83 bits per heavy atom. The average molecular weight is 321 g/mol. The lowest BCUT2D eigenvalue weighted by Gasteiger charge is -2.22. The molecule has 5 nitrogen and oxygen atoms in total. The SMILES string of the molecule is O=C(NCCCCCOC1CCCCO1)OCc1ccccc1. The van der Waals surface area contributed by atoms with Gasteiger partial charge < -0.3 is 19.5 Å². The highest BCUT2D eigenvalue weighted by Gasteiger charge is 2.13. The van der Waals surface area contributed by atoms with Crippen molar-refractivity contribution in [1.82, 2.24) is 5.32 Å². The summed E-state index contributed by atoms with van der Waals surface area (Å²) in [5, 5.41) is 2.77. The fourth-order valence-electron chi connectivity index (χ4n) is 2.43. The Balaban J connectivity index is 1.40. The molecule has 1 unspecified atom stereocenters. The molecule has 23 heavy (non-hydrogen) atoms. The Hall–Kier alpha value is -1.59. The standard InChI is InChI=1S/C18H27NO4/c20-18(23-15-16-9-3-1-4-10-16)19-12-6-2-7-13-21-17-11-5-8-14-22-17/h1,3-4,9-10,17H,2,5-8,11-15H2,(H,19,20). The van der Waals surface area contributed by atoms with Gasteiger partial charge in [-0.3, -0.25) is 0 Å². The number of alkyl carbamates (subject to hydrolysis) is 1. The van der Waals surface area contributed by atoms with Crippen LogP contribution < -0.4 is 5.32 Å². The minimum absolute atomic E-state index is 0.00478. The van der Waals surface area contributed by atoms with Crippen LogP contribution in [0.15, 0.2) is 30.3 Å². The van der Waals surface area contributed by atoms with Crippen molar-refractivity contribution in [2.45, 2.75) is 51.4 Å². The molecule has 1 amide bonds. The van der Waals surface area contributed by atoms with Crippen molar-refractivity contribution in [3.8, 4) is 0 Å². The normalized spacial score (nSPS) is 17.7. The van der Waals surface area contributed by atoms with E-state index in [1.165, 1.54) is 6.42 Å². The molecule has 5 heteroatoms. The number of carbonyl (C=O) groups is 1. The quantitative estimate of drug-likeness (QED) is 0.706. The van der Waals surface area contributed by atoms with Gasteiger partial charge in [-0.05, 0) is 44.1 Å². The molecule has 1 heterocycles. The van der Waals surface area contributed by atoms with Gasteiger partial charge in [0.15, 0.2) is 6.29 Å². The van der Waals surface area contributed by atoms with Gasteiger partial charge in [-0.15, -0.1) is 0 Å². The summed E-state index contributed by atoms with van der Waals surface area (Å²) < 4.78 is 16.3. The first kappa shape index (κ1) is 17.8. The van der Waals surface area contributed by atoms with Crippen LogP contribution in [0.4, 0.5) is 4.79 Å². The van der Waals surface area contributed by atoms with E-state index >= 15 is 0 Å². The van der Waals surface area contributed by atoms with Gasteiger partial charge in [-0.25, -0.2) is 4.79 Å². The van der Waals surface area contributed by atoms with Gasteiger partial charge >= 0.3 is 6.09 Å². The van der Waals surface area contributed by atoms with Crippen LogP contribution in [0.25, 0.3) is 0 Å². The molecule has 0 saturated carbocycles. The van der Waals surface area contributed by atoms with E-state index in [9.17, 15) is 4.79 Å². The van der Waals surface area contributed by atoms with Crippen molar-refractivity contribution in [1.29, 1.82) is 0 Å². The summed E-state index contributed by atoms with van der Waals surface area (Å²) in [5.74, 6) is 0. The third kappa shape index (κ3) is 8.00. The Morgan fingerprint density at radius 1 is 1.17 bits per heavy atom. The van der Waals surface area contributed by atoms with Crippen molar-refractivity contribution < 1.29 is 19.0 Å². The summed E-state index contributed by atoms with van der Waals surface area (Å²) in [6.45, 7) is 2.48. The van der Waals surface area contributed by atoms with Crippen LogP contribution in [0.1, 0.15) is 44.1 Å². The molecule has 1 saturated heterocycles. The van der Waals surface area contributed by atoms with Gasteiger partial charge in [-0.2, -0.15) is 0 Å². The molecular formula is C18H27NO4. The average Bonchev–Trinajstić information content (AvgIpc) is 2.61. The van der Waals surface area contributed by atoms with E-state index in [0.717, 1.165) is 50.9 Å². The summed E-state index contributed by atoms with van der Waals surface area (Å²) in [6.07, 6.45) is 5.91. The second kappa shape index (κ2) is 11.0. The summed E-state index contributed by atoms with van der Waals surface area (Å²) in [6, 6.07) is 9.66. The molecule has 0 spiro atoms. The maximum absolute atomic E-state index is 11.5. The van der Waals surface area contributed by atoms with Gasteiger partial charge in [0.25, 0.3) is 0 Å². The summed E-state index contributed by atoms with van der Waals surface area (Å²) in [5.41, 5.74) is 0.990. The van der Waals surface area contributed by atoms with E-state index < -0.39 is 0 Å². The topological polar surface area (TPSA) is 56.8 Å². The van der Waals surface area contributed by atoms with E-state index in [2.05, 4.69) is 5.32 Å². The fraction of sp³-hybridized carbons (Fsp3) is 0.611. The highest BCUT2D eigenvalue weighted by Crippen LogP contribution is 2.14. The first-order valence-electron chi connectivity index (χ1n) is 8.52. The minimum Gasteiger partial charge on any atom is -0.445 e. The molecular weight excluding hydrogens is 294 g/mol. The predicted octanol–water partition coefficient (Wildman–Crippen LogP) is 3.63. The molecule has 128 valence electrons. The van der Waals surface area contributed by atoms with Gasteiger partial charge in [0.2, 0.25) is 0 Å². The monoisotopic (exact) mass is 321 g/mol. The zero-order valence-corrected chi connectivity index (χ0v) is 13.7. The maximum Gasteiger partial charge on any atom is 0.407 e. The molecule has 1 aliphatic rings. The number of hydrogen-bond acceptors (Lipinski definition) is 4. The molecule has 1 atom stereocenters.